The number of fused-ring (bicyclic) bond motifs is 1. The van der Waals surface area contributed by atoms with Crippen molar-refractivity contribution < 1.29 is 54.9 Å². The Morgan fingerprint density at radius 3 is 1.96 bits per heavy atom. The molecule has 3 rings (SSSR count). The number of amides is 2. The van der Waals surface area contributed by atoms with Gasteiger partial charge in [0.2, 0.25) is 0 Å². The lowest BCUT2D eigenvalue weighted by atomic mass is 9.90. The standard InChI is InChI=1S/C35H46F6N2O6/c1-6-8-9-10-11-12-13-14-15-49-31-21-29-27(20-30(31)46-4)28(16-23(3)43(29)33(45)48-7-2)42(32(44)47-5)22-24-17-25(34(36,37)38)19-26(18-24)35(39,40)41/h17-21,23,28H,6-16,22H2,1-5H3/t23-,28+/m0/s1. The highest BCUT2D eigenvalue weighted by Gasteiger charge is 2.42. The molecule has 0 aromatic heterocycles. The number of rotatable bonds is 15. The molecule has 8 nitrogen and oxygen atoms in total. The van der Waals surface area contributed by atoms with Crippen LogP contribution < -0.4 is 14.4 Å². The molecule has 0 fully saturated rings. The van der Waals surface area contributed by atoms with Gasteiger partial charge in [-0.3, -0.25) is 9.80 Å². The van der Waals surface area contributed by atoms with Crippen molar-refractivity contribution in [3.05, 3.63) is 52.6 Å². The summed E-state index contributed by atoms with van der Waals surface area (Å²) in [5.41, 5.74) is -2.79. The zero-order valence-electron chi connectivity index (χ0n) is 28.6. The van der Waals surface area contributed by atoms with Gasteiger partial charge in [-0.05, 0) is 56.5 Å². The summed E-state index contributed by atoms with van der Waals surface area (Å²) < 4.78 is 104. The molecule has 0 aliphatic carbocycles. The molecule has 2 aromatic rings. The normalized spacial score (nSPS) is 16.2. The third kappa shape index (κ3) is 10.6. The summed E-state index contributed by atoms with van der Waals surface area (Å²) in [4.78, 5) is 28.9. The molecule has 0 saturated heterocycles. The molecule has 274 valence electrons. The number of ether oxygens (including phenoxy) is 4. The second-order valence-corrected chi connectivity index (χ2v) is 12.1. The van der Waals surface area contributed by atoms with Gasteiger partial charge in [-0.2, -0.15) is 26.3 Å². The average molecular weight is 705 g/mol. The van der Waals surface area contributed by atoms with Gasteiger partial charge in [-0.15, -0.1) is 0 Å². The van der Waals surface area contributed by atoms with Gasteiger partial charge in [0, 0.05) is 24.2 Å². The van der Waals surface area contributed by atoms with E-state index in [0.717, 1.165) is 37.7 Å². The van der Waals surface area contributed by atoms with E-state index in [2.05, 4.69) is 6.92 Å². The molecule has 0 saturated carbocycles. The molecular weight excluding hydrogens is 658 g/mol. The Bertz CT molecular complexity index is 1370. The molecule has 2 atom stereocenters. The van der Waals surface area contributed by atoms with E-state index in [9.17, 15) is 35.9 Å². The highest BCUT2D eigenvalue weighted by molar-refractivity contribution is 5.91. The predicted octanol–water partition coefficient (Wildman–Crippen LogP) is 10.3. The largest absolute Gasteiger partial charge is 0.493 e. The van der Waals surface area contributed by atoms with Crippen molar-refractivity contribution >= 4 is 17.9 Å². The van der Waals surface area contributed by atoms with Gasteiger partial charge in [-0.25, -0.2) is 9.59 Å². The van der Waals surface area contributed by atoms with Crippen LogP contribution in [-0.2, 0) is 28.4 Å². The second-order valence-electron chi connectivity index (χ2n) is 12.1. The number of carbonyl (C=O) groups is 2. The Balaban J connectivity index is 2.02. The minimum atomic E-state index is -5.07. The molecule has 0 bridgehead atoms. The number of carbonyl (C=O) groups excluding carboxylic acids is 2. The highest BCUT2D eigenvalue weighted by atomic mass is 19.4. The van der Waals surface area contributed by atoms with Crippen molar-refractivity contribution in [1.29, 1.82) is 0 Å². The van der Waals surface area contributed by atoms with E-state index < -0.39 is 59.9 Å². The number of methoxy groups -OCH3 is 2. The minimum Gasteiger partial charge on any atom is -0.493 e. The van der Waals surface area contributed by atoms with Crippen LogP contribution in [0.25, 0.3) is 0 Å². The summed E-state index contributed by atoms with van der Waals surface area (Å²) in [5.74, 6) is 0.591. The van der Waals surface area contributed by atoms with Crippen molar-refractivity contribution in [2.24, 2.45) is 0 Å². The first-order valence-electron chi connectivity index (χ1n) is 16.6. The molecule has 14 heteroatoms. The summed E-state index contributed by atoms with van der Waals surface area (Å²) in [6, 6.07) is 2.75. The Hall–Kier alpha value is -3.84. The number of nitrogens with zero attached hydrogens (tertiary/aromatic N) is 2. The van der Waals surface area contributed by atoms with Gasteiger partial charge in [0.25, 0.3) is 0 Å². The first-order chi connectivity index (χ1) is 23.2. The average Bonchev–Trinajstić information content (AvgIpc) is 3.04. The van der Waals surface area contributed by atoms with Crippen LogP contribution in [0, 0.1) is 0 Å². The van der Waals surface area contributed by atoms with E-state index in [0.29, 0.717) is 35.7 Å². The van der Waals surface area contributed by atoms with Crippen LogP contribution in [0.4, 0.5) is 41.6 Å². The lowest BCUT2D eigenvalue weighted by molar-refractivity contribution is -0.143. The zero-order chi connectivity index (χ0) is 36.4. The quantitative estimate of drug-likeness (QED) is 0.136. The second kappa shape index (κ2) is 17.7. The first kappa shape index (κ1) is 39.6. The third-order valence-corrected chi connectivity index (χ3v) is 8.44. The van der Waals surface area contributed by atoms with Crippen LogP contribution in [0.2, 0.25) is 0 Å². The fourth-order valence-corrected chi connectivity index (χ4v) is 6.02. The Morgan fingerprint density at radius 2 is 1.43 bits per heavy atom. The number of benzene rings is 2. The molecule has 0 N–H and O–H groups in total. The number of alkyl halides is 6. The summed E-state index contributed by atoms with van der Waals surface area (Å²) in [6.07, 6.45) is -2.98. The maximum Gasteiger partial charge on any atom is 0.416 e. The van der Waals surface area contributed by atoms with Crippen LogP contribution in [0.15, 0.2) is 30.3 Å². The maximum atomic E-state index is 13.7. The maximum absolute atomic E-state index is 13.7. The topological polar surface area (TPSA) is 77.5 Å². The molecule has 0 unspecified atom stereocenters. The highest BCUT2D eigenvalue weighted by Crippen LogP contribution is 2.47. The van der Waals surface area contributed by atoms with Crippen molar-refractivity contribution in [2.45, 2.75) is 110 Å². The molecule has 2 amide bonds. The monoisotopic (exact) mass is 704 g/mol. The number of hydrogen-bond donors (Lipinski definition) is 0. The molecule has 1 aliphatic rings. The van der Waals surface area contributed by atoms with Gasteiger partial charge in [0.05, 0.1) is 50.3 Å². The van der Waals surface area contributed by atoms with E-state index in [1.165, 1.54) is 37.7 Å². The molecule has 1 aliphatic heterocycles. The Kier molecular flexibility index (Phi) is 14.3. The van der Waals surface area contributed by atoms with Crippen LogP contribution >= 0.6 is 0 Å². The van der Waals surface area contributed by atoms with Gasteiger partial charge in [0.1, 0.15) is 0 Å². The molecule has 0 spiro atoms. The molecule has 49 heavy (non-hydrogen) atoms. The minimum absolute atomic E-state index is 0.0290. The van der Waals surface area contributed by atoms with Gasteiger partial charge < -0.3 is 18.9 Å². The SMILES string of the molecule is CCCCCCCCCCOc1cc2c(cc1OC)[C@H](N(Cc1cc(C(F)(F)F)cc(C(F)(F)F)c1)C(=O)OC)C[C@H](C)N2C(=O)OCC. The van der Waals surface area contributed by atoms with Crippen LogP contribution in [-0.4, -0.2) is 50.6 Å². The smallest absolute Gasteiger partial charge is 0.416 e. The van der Waals surface area contributed by atoms with Gasteiger partial charge >= 0.3 is 24.5 Å². The fraction of sp³-hybridized carbons (Fsp3) is 0.600. The third-order valence-electron chi connectivity index (χ3n) is 8.44. The zero-order valence-corrected chi connectivity index (χ0v) is 28.6. The van der Waals surface area contributed by atoms with Crippen LogP contribution in [0.1, 0.15) is 107 Å². The van der Waals surface area contributed by atoms with Gasteiger partial charge in [-0.1, -0.05) is 51.9 Å². The number of halogens is 6. The lowest BCUT2D eigenvalue weighted by Gasteiger charge is -2.42. The van der Waals surface area contributed by atoms with Gasteiger partial charge in [0.15, 0.2) is 11.5 Å². The van der Waals surface area contributed by atoms with E-state index in [4.69, 9.17) is 18.9 Å². The molecule has 1 heterocycles. The number of anilines is 1. The summed E-state index contributed by atoms with van der Waals surface area (Å²) in [7, 11) is 2.47. The van der Waals surface area contributed by atoms with Crippen molar-refractivity contribution in [2.75, 3.05) is 32.3 Å². The molecule has 2 aromatic carbocycles. The Morgan fingerprint density at radius 1 is 0.837 bits per heavy atom. The summed E-state index contributed by atoms with van der Waals surface area (Å²) in [5, 5.41) is 0. The van der Waals surface area contributed by atoms with E-state index >= 15 is 0 Å². The van der Waals surface area contributed by atoms with Crippen molar-refractivity contribution in [3.63, 3.8) is 0 Å². The summed E-state index contributed by atoms with van der Waals surface area (Å²) >= 11 is 0. The van der Waals surface area contributed by atoms with Crippen molar-refractivity contribution in [1.82, 2.24) is 4.90 Å². The van der Waals surface area contributed by atoms with E-state index in [-0.39, 0.29) is 24.8 Å². The van der Waals surface area contributed by atoms with Crippen LogP contribution in [0.3, 0.4) is 0 Å². The predicted molar refractivity (Wildman–Crippen MR) is 172 cm³/mol. The van der Waals surface area contributed by atoms with E-state index in [1.54, 1.807) is 26.0 Å². The molecule has 0 radical (unpaired) electrons. The lowest BCUT2D eigenvalue weighted by Crippen LogP contribution is -2.47. The fourth-order valence-electron chi connectivity index (χ4n) is 6.02. The Labute approximate surface area is 283 Å². The molecular formula is C35H46F6N2O6. The number of unbranched alkanes of at least 4 members (excludes halogenated alkanes) is 7. The van der Waals surface area contributed by atoms with Crippen molar-refractivity contribution in [3.8, 4) is 11.5 Å². The van der Waals surface area contributed by atoms with Crippen LogP contribution in [0.5, 0.6) is 11.5 Å². The van der Waals surface area contributed by atoms with E-state index in [1.807, 2.05) is 0 Å². The number of hydrogen-bond acceptors (Lipinski definition) is 6. The summed E-state index contributed by atoms with van der Waals surface area (Å²) in [6.45, 7) is 5.30. The first-order valence-corrected chi connectivity index (χ1v) is 16.6.